The number of morpholine rings is 1. The van der Waals surface area contributed by atoms with Crippen molar-refractivity contribution in [3.05, 3.63) is 29.8 Å². The van der Waals surface area contributed by atoms with Gasteiger partial charge in [-0.1, -0.05) is 0 Å². The maximum atomic E-state index is 12.2. The molecule has 2 fully saturated rings. The van der Waals surface area contributed by atoms with Crippen molar-refractivity contribution in [1.82, 2.24) is 4.90 Å². The summed E-state index contributed by atoms with van der Waals surface area (Å²) < 4.78 is 5.35. The van der Waals surface area contributed by atoms with Crippen molar-refractivity contribution in [3.63, 3.8) is 0 Å². The minimum absolute atomic E-state index is 0.172. The topological polar surface area (TPSA) is 32.8 Å². The first-order valence-corrected chi connectivity index (χ1v) is 7.06. The van der Waals surface area contributed by atoms with Gasteiger partial charge in [0.05, 0.1) is 13.2 Å². The fraction of sp³-hybridized carbons (Fsp3) is 0.533. The van der Waals surface area contributed by atoms with Gasteiger partial charge in [0, 0.05) is 37.4 Å². The van der Waals surface area contributed by atoms with Crippen LogP contribution >= 0.6 is 0 Å². The highest BCUT2D eigenvalue weighted by molar-refractivity contribution is 5.94. The first kappa shape index (κ1) is 12.5. The van der Waals surface area contributed by atoms with Gasteiger partial charge in [-0.15, -0.1) is 0 Å². The largest absolute Gasteiger partial charge is 0.378 e. The van der Waals surface area contributed by atoms with Crippen LogP contribution in [0.2, 0.25) is 0 Å². The van der Waals surface area contributed by atoms with Gasteiger partial charge in [-0.3, -0.25) is 4.79 Å². The van der Waals surface area contributed by atoms with E-state index in [9.17, 15) is 4.79 Å². The Morgan fingerprint density at radius 2 is 1.58 bits per heavy atom. The summed E-state index contributed by atoms with van der Waals surface area (Å²) in [5.41, 5.74) is 1.99. The van der Waals surface area contributed by atoms with Crippen LogP contribution in [0, 0.1) is 0 Å². The molecule has 102 valence electrons. The Labute approximate surface area is 113 Å². The van der Waals surface area contributed by atoms with Crippen LogP contribution < -0.4 is 4.90 Å². The number of anilines is 1. The number of carbonyl (C=O) groups is 1. The van der Waals surface area contributed by atoms with E-state index in [0.29, 0.717) is 0 Å². The summed E-state index contributed by atoms with van der Waals surface area (Å²) in [6.45, 7) is 5.25. The molecule has 0 spiro atoms. The summed E-state index contributed by atoms with van der Waals surface area (Å²) in [6.07, 6.45) is 2.27. The monoisotopic (exact) mass is 260 g/mol. The van der Waals surface area contributed by atoms with Crippen LogP contribution in [-0.2, 0) is 4.74 Å². The lowest BCUT2D eigenvalue weighted by Crippen LogP contribution is -2.36. The average Bonchev–Trinajstić information content (AvgIpc) is 3.02. The summed E-state index contributed by atoms with van der Waals surface area (Å²) in [5, 5.41) is 0. The summed E-state index contributed by atoms with van der Waals surface area (Å²) in [4.78, 5) is 16.5. The molecule has 0 aliphatic carbocycles. The molecular weight excluding hydrogens is 240 g/mol. The fourth-order valence-electron chi connectivity index (χ4n) is 2.74. The summed E-state index contributed by atoms with van der Waals surface area (Å²) in [6, 6.07) is 8.00. The van der Waals surface area contributed by atoms with Crippen molar-refractivity contribution < 1.29 is 9.53 Å². The van der Waals surface area contributed by atoms with Crippen molar-refractivity contribution in [2.24, 2.45) is 0 Å². The van der Waals surface area contributed by atoms with Gasteiger partial charge in [0.2, 0.25) is 0 Å². The Morgan fingerprint density at radius 3 is 2.21 bits per heavy atom. The van der Waals surface area contributed by atoms with Gasteiger partial charge in [-0.05, 0) is 37.1 Å². The number of carbonyl (C=O) groups excluding carboxylic acids is 1. The van der Waals surface area contributed by atoms with E-state index in [1.807, 2.05) is 17.0 Å². The van der Waals surface area contributed by atoms with Crippen LogP contribution in [0.15, 0.2) is 24.3 Å². The van der Waals surface area contributed by atoms with Gasteiger partial charge in [0.15, 0.2) is 0 Å². The molecule has 0 saturated carbocycles. The number of hydrogen-bond donors (Lipinski definition) is 0. The molecule has 0 radical (unpaired) electrons. The lowest BCUT2D eigenvalue weighted by atomic mass is 10.1. The van der Waals surface area contributed by atoms with E-state index in [1.165, 1.54) is 5.69 Å². The molecule has 0 unspecified atom stereocenters. The van der Waals surface area contributed by atoms with Crippen molar-refractivity contribution in [2.75, 3.05) is 44.3 Å². The molecule has 0 atom stereocenters. The first-order chi connectivity index (χ1) is 9.34. The molecule has 0 N–H and O–H groups in total. The maximum Gasteiger partial charge on any atom is 0.253 e. The van der Waals surface area contributed by atoms with E-state index in [0.717, 1.165) is 57.8 Å². The van der Waals surface area contributed by atoms with Crippen molar-refractivity contribution in [3.8, 4) is 0 Å². The minimum atomic E-state index is 0.172. The lowest BCUT2D eigenvalue weighted by Gasteiger charge is -2.29. The number of rotatable bonds is 2. The third-order valence-corrected chi connectivity index (χ3v) is 3.88. The second kappa shape index (κ2) is 5.61. The highest BCUT2D eigenvalue weighted by Gasteiger charge is 2.19. The molecule has 2 aliphatic rings. The van der Waals surface area contributed by atoms with Crippen LogP contribution in [-0.4, -0.2) is 50.2 Å². The Balaban J connectivity index is 1.69. The molecule has 4 heteroatoms. The predicted molar refractivity (Wildman–Crippen MR) is 74.6 cm³/mol. The van der Waals surface area contributed by atoms with E-state index in [1.54, 1.807) is 0 Å². The molecule has 0 bridgehead atoms. The van der Waals surface area contributed by atoms with Crippen molar-refractivity contribution in [1.29, 1.82) is 0 Å². The fourth-order valence-corrected chi connectivity index (χ4v) is 2.74. The van der Waals surface area contributed by atoms with Gasteiger partial charge in [0.25, 0.3) is 5.91 Å². The number of nitrogens with zero attached hydrogens (tertiary/aromatic N) is 2. The van der Waals surface area contributed by atoms with Gasteiger partial charge in [0.1, 0.15) is 0 Å². The first-order valence-electron chi connectivity index (χ1n) is 7.06. The SMILES string of the molecule is O=C(c1ccc(N2CCOCC2)cc1)N1CCCC1. The standard InChI is InChI=1S/C15H20N2O2/c18-15(17-7-1-2-8-17)13-3-5-14(6-4-13)16-9-11-19-12-10-16/h3-6H,1-2,7-12H2. The Bertz CT molecular complexity index is 432. The molecule has 1 aromatic carbocycles. The third-order valence-electron chi connectivity index (χ3n) is 3.88. The van der Waals surface area contributed by atoms with Crippen LogP contribution in [0.25, 0.3) is 0 Å². The van der Waals surface area contributed by atoms with Crippen molar-refractivity contribution in [2.45, 2.75) is 12.8 Å². The molecule has 2 saturated heterocycles. The zero-order valence-corrected chi connectivity index (χ0v) is 11.2. The van der Waals surface area contributed by atoms with Crippen LogP contribution in [0.1, 0.15) is 23.2 Å². The molecule has 1 aromatic rings. The molecule has 0 aromatic heterocycles. The molecular formula is C15H20N2O2. The highest BCUT2D eigenvalue weighted by Crippen LogP contribution is 2.19. The van der Waals surface area contributed by atoms with Gasteiger partial charge in [-0.2, -0.15) is 0 Å². The molecule has 3 rings (SSSR count). The lowest BCUT2D eigenvalue weighted by molar-refractivity contribution is 0.0793. The van der Waals surface area contributed by atoms with Gasteiger partial charge in [-0.25, -0.2) is 0 Å². The van der Waals surface area contributed by atoms with Crippen molar-refractivity contribution >= 4 is 11.6 Å². The molecule has 1 amide bonds. The van der Waals surface area contributed by atoms with E-state index in [-0.39, 0.29) is 5.91 Å². The molecule has 2 aliphatic heterocycles. The van der Waals surface area contributed by atoms with E-state index in [4.69, 9.17) is 4.74 Å². The summed E-state index contributed by atoms with van der Waals surface area (Å²) in [7, 11) is 0. The Morgan fingerprint density at radius 1 is 0.947 bits per heavy atom. The maximum absolute atomic E-state index is 12.2. The average molecular weight is 260 g/mol. The number of amides is 1. The van der Waals surface area contributed by atoms with Crippen LogP contribution in [0.5, 0.6) is 0 Å². The normalized spacial score (nSPS) is 19.8. The second-order valence-electron chi connectivity index (χ2n) is 5.15. The van der Waals surface area contributed by atoms with Gasteiger partial charge >= 0.3 is 0 Å². The van der Waals surface area contributed by atoms with E-state index < -0.39 is 0 Å². The predicted octanol–water partition coefficient (Wildman–Crippen LogP) is 1.76. The molecule has 19 heavy (non-hydrogen) atoms. The Kier molecular flexibility index (Phi) is 3.69. The van der Waals surface area contributed by atoms with E-state index in [2.05, 4.69) is 17.0 Å². The third kappa shape index (κ3) is 2.73. The number of benzene rings is 1. The summed E-state index contributed by atoms with van der Waals surface area (Å²) >= 11 is 0. The second-order valence-corrected chi connectivity index (χ2v) is 5.15. The zero-order chi connectivity index (χ0) is 13.1. The number of likely N-dealkylation sites (tertiary alicyclic amines) is 1. The quantitative estimate of drug-likeness (QED) is 0.812. The zero-order valence-electron chi connectivity index (χ0n) is 11.2. The van der Waals surface area contributed by atoms with E-state index >= 15 is 0 Å². The molecule has 4 nitrogen and oxygen atoms in total. The minimum Gasteiger partial charge on any atom is -0.378 e. The molecule has 2 heterocycles. The number of ether oxygens (including phenoxy) is 1. The van der Waals surface area contributed by atoms with Gasteiger partial charge < -0.3 is 14.5 Å². The Hall–Kier alpha value is -1.55. The van der Waals surface area contributed by atoms with Crippen LogP contribution in [0.4, 0.5) is 5.69 Å². The smallest absolute Gasteiger partial charge is 0.253 e. The van der Waals surface area contributed by atoms with Crippen LogP contribution in [0.3, 0.4) is 0 Å². The summed E-state index contributed by atoms with van der Waals surface area (Å²) in [5.74, 6) is 0.172. The highest BCUT2D eigenvalue weighted by atomic mass is 16.5. The number of hydrogen-bond acceptors (Lipinski definition) is 3.